The molecule has 0 bridgehead atoms. The van der Waals surface area contributed by atoms with Gasteiger partial charge >= 0.3 is 17.9 Å². The minimum Gasteiger partial charge on any atom is -0.481 e. The standard InChI is InChI=1S/C18H30N4O9S/c1-8(2)5-11(21-15(27)9(19)7-32)17(29)20-10(3-4-13(23)24)16(28)22-12(18(30)31)6-14(25)26/h8-12,32H,3-7,19H2,1-2H3,(H,20,29)(H,21,27)(H,22,28)(H,23,24)(H,25,26)(H,30,31). The number of carbonyl (C=O) groups is 6. The van der Waals surface area contributed by atoms with Crippen molar-refractivity contribution in [1.29, 1.82) is 0 Å². The van der Waals surface area contributed by atoms with Crippen LogP contribution in [0.1, 0.15) is 39.5 Å². The molecular formula is C18H30N4O9S. The summed E-state index contributed by atoms with van der Waals surface area (Å²) < 4.78 is 0. The predicted octanol–water partition coefficient (Wildman–Crippen LogP) is -1.83. The lowest BCUT2D eigenvalue weighted by Gasteiger charge is -2.25. The number of amides is 3. The van der Waals surface area contributed by atoms with Gasteiger partial charge in [0.2, 0.25) is 17.7 Å². The molecule has 4 unspecified atom stereocenters. The van der Waals surface area contributed by atoms with E-state index in [1.165, 1.54) is 0 Å². The lowest BCUT2D eigenvalue weighted by Crippen LogP contribution is -2.57. The highest BCUT2D eigenvalue weighted by Gasteiger charge is 2.31. The van der Waals surface area contributed by atoms with E-state index < -0.39 is 79.1 Å². The van der Waals surface area contributed by atoms with Gasteiger partial charge in [-0.3, -0.25) is 24.0 Å². The number of nitrogens with one attached hydrogen (secondary N) is 3. The quantitative estimate of drug-likeness (QED) is 0.123. The van der Waals surface area contributed by atoms with Crippen LogP contribution in [-0.4, -0.2) is 80.9 Å². The molecule has 0 radical (unpaired) electrons. The van der Waals surface area contributed by atoms with E-state index in [0.717, 1.165) is 0 Å². The van der Waals surface area contributed by atoms with Crippen LogP contribution in [0.5, 0.6) is 0 Å². The van der Waals surface area contributed by atoms with Crippen LogP contribution in [0.3, 0.4) is 0 Å². The third kappa shape index (κ3) is 11.5. The van der Waals surface area contributed by atoms with Gasteiger partial charge in [0.25, 0.3) is 0 Å². The van der Waals surface area contributed by atoms with Gasteiger partial charge in [-0.25, -0.2) is 4.79 Å². The molecule has 182 valence electrons. The summed E-state index contributed by atoms with van der Waals surface area (Å²) in [6, 6.07) is -5.37. The van der Waals surface area contributed by atoms with Crippen LogP contribution in [-0.2, 0) is 28.8 Å². The second-order valence-corrected chi connectivity index (χ2v) is 7.84. The number of thiol groups is 1. The van der Waals surface area contributed by atoms with Crippen molar-refractivity contribution in [2.24, 2.45) is 11.7 Å². The maximum Gasteiger partial charge on any atom is 0.326 e. The lowest BCUT2D eigenvalue weighted by atomic mass is 10.0. The molecule has 0 heterocycles. The Hall–Kier alpha value is -2.87. The number of carbonyl (C=O) groups excluding carboxylic acids is 3. The monoisotopic (exact) mass is 478 g/mol. The highest BCUT2D eigenvalue weighted by Crippen LogP contribution is 2.08. The molecule has 0 aliphatic rings. The van der Waals surface area contributed by atoms with Crippen molar-refractivity contribution >= 4 is 48.3 Å². The third-order valence-electron chi connectivity index (χ3n) is 4.15. The zero-order valence-corrected chi connectivity index (χ0v) is 18.6. The van der Waals surface area contributed by atoms with Gasteiger partial charge in [-0.1, -0.05) is 13.8 Å². The molecule has 0 spiro atoms. The Morgan fingerprint density at radius 3 is 1.75 bits per heavy atom. The number of carboxylic acid groups (broad SMARTS) is 3. The molecule has 0 fully saturated rings. The number of nitrogens with two attached hydrogens (primary N) is 1. The van der Waals surface area contributed by atoms with Gasteiger partial charge < -0.3 is 37.0 Å². The van der Waals surface area contributed by atoms with Crippen LogP contribution in [0.15, 0.2) is 0 Å². The third-order valence-corrected chi connectivity index (χ3v) is 4.54. The van der Waals surface area contributed by atoms with Gasteiger partial charge in [-0.15, -0.1) is 0 Å². The van der Waals surface area contributed by atoms with E-state index >= 15 is 0 Å². The lowest BCUT2D eigenvalue weighted by molar-refractivity contribution is -0.147. The summed E-state index contributed by atoms with van der Waals surface area (Å²) in [7, 11) is 0. The fourth-order valence-corrected chi connectivity index (χ4v) is 2.69. The Morgan fingerprint density at radius 1 is 0.812 bits per heavy atom. The van der Waals surface area contributed by atoms with Crippen LogP contribution in [0.4, 0.5) is 0 Å². The molecule has 0 aliphatic heterocycles. The van der Waals surface area contributed by atoms with Crippen molar-refractivity contribution < 1.29 is 44.1 Å². The van der Waals surface area contributed by atoms with E-state index in [9.17, 15) is 28.8 Å². The molecule has 4 atom stereocenters. The van der Waals surface area contributed by atoms with Crippen molar-refractivity contribution in [1.82, 2.24) is 16.0 Å². The average molecular weight is 479 g/mol. The molecule has 3 amide bonds. The first-order valence-corrected chi connectivity index (χ1v) is 10.4. The molecule has 0 aromatic carbocycles. The summed E-state index contributed by atoms with van der Waals surface area (Å²) in [5.74, 6) is -6.95. The molecule has 14 heteroatoms. The second kappa shape index (κ2) is 14.2. The average Bonchev–Trinajstić information content (AvgIpc) is 2.67. The highest BCUT2D eigenvalue weighted by atomic mass is 32.1. The summed E-state index contributed by atoms with van der Waals surface area (Å²) >= 11 is 3.92. The summed E-state index contributed by atoms with van der Waals surface area (Å²) in [4.78, 5) is 70.3. The number of rotatable bonds is 15. The van der Waals surface area contributed by atoms with Gasteiger partial charge in [-0.05, 0) is 18.8 Å². The molecule has 0 aromatic rings. The summed E-state index contributed by atoms with van der Waals surface area (Å²) in [6.45, 7) is 3.56. The first-order valence-electron chi connectivity index (χ1n) is 9.72. The SMILES string of the molecule is CC(C)CC(NC(=O)C(N)CS)C(=O)NC(CCC(=O)O)C(=O)NC(CC(=O)O)C(=O)O. The largest absolute Gasteiger partial charge is 0.481 e. The van der Waals surface area contributed by atoms with E-state index in [4.69, 9.17) is 21.1 Å². The predicted molar refractivity (Wildman–Crippen MR) is 114 cm³/mol. The molecule has 13 nitrogen and oxygen atoms in total. The number of hydrogen-bond donors (Lipinski definition) is 8. The number of hydrogen-bond acceptors (Lipinski definition) is 8. The van der Waals surface area contributed by atoms with Crippen LogP contribution in [0.2, 0.25) is 0 Å². The molecular weight excluding hydrogens is 448 g/mol. The molecule has 8 N–H and O–H groups in total. The number of aliphatic carboxylic acids is 3. The topological polar surface area (TPSA) is 225 Å². The summed E-state index contributed by atoms with van der Waals surface area (Å²) in [6.07, 6.45) is -1.69. The van der Waals surface area contributed by atoms with E-state index in [1.54, 1.807) is 13.8 Å². The Kier molecular flexibility index (Phi) is 13.0. The van der Waals surface area contributed by atoms with Crippen molar-refractivity contribution in [3.8, 4) is 0 Å². The van der Waals surface area contributed by atoms with Crippen molar-refractivity contribution in [3.63, 3.8) is 0 Å². The molecule has 0 aliphatic carbocycles. The van der Waals surface area contributed by atoms with E-state index in [-0.39, 0.29) is 18.1 Å². The van der Waals surface area contributed by atoms with Gasteiger partial charge in [0.05, 0.1) is 12.5 Å². The Balaban J connectivity index is 5.55. The van der Waals surface area contributed by atoms with Crippen molar-refractivity contribution in [2.75, 3.05) is 5.75 Å². The maximum absolute atomic E-state index is 12.8. The van der Waals surface area contributed by atoms with Crippen molar-refractivity contribution in [2.45, 2.75) is 63.7 Å². The normalized spacial score (nSPS) is 14.5. The van der Waals surface area contributed by atoms with Gasteiger partial charge in [0.1, 0.15) is 18.1 Å². The molecule has 32 heavy (non-hydrogen) atoms. The van der Waals surface area contributed by atoms with Crippen LogP contribution >= 0.6 is 12.6 Å². The van der Waals surface area contributed by atoms with Gasteiger partial charge in [-0.2, -0.15) is 12.6 Å². The fourth-order valence-electron chi connectivity index (χ4n) is 2.52. The summed E-state index contributed by atoms with van der Waals surface area (Å²) in [5.41, 5.74) is 5.60. The van der Waals surface area contributed by atoms with Crippen molar-refractivity contribution in [3.05, 3.63) is 0 Å². The second-order valence-electron chi connectivity index (χ2n) is 7.47. The maximum atomic E-state index is 12.8. The Morgan fingerprint density at radius 2 is 1.31 bits per heavy atom. The minimum absolute atomic E-state index is 0.0195. The molecule has 0 saturated carbocycles. The van der Waals surface area contributed by atoms with Crippen LogP contribution in [0.25, 0.3) is 0 Å². The first-order chi connectivity index (χ1) is 14.8. The molecule has 0 saturated heterocycles. The molecule has 0 rings (SSSR count). The molecule has 0 aromatic heterocycles. The van der Waals surface area contributed by atoms with Crippen LogP contribution < -0.4 is 21.7 Å². The van der Waals surface area contributed by atoms with E-state index in [1.807, 2.05) is 5.32 Å². The Labute approximate surface area is 189 Å². The zero-order chi connectivity index (χ0) is 25.0. The van der Waals surface area contributed by atoms with Gasteiger partial charge in [0.15, 0.2) is 0 Å². The Bertz CT molecular complexity index is 717. The zero-order valence-electron chi connectivity index (χ0n) is 17.7. The van der Waals surface area contributed by atoms with Crippen LogP contribution in [0, 0.1) is 5.92 Å². The van der Waals surface area contributed by atoms with E-state index in [0.29, 0.717) is 0 Å². The van der Waals surface area contributed by atoms with Gasteiger partial charge in [0, 0.05) is 12.2 Å². The smallest absolute Gasteiger partial charge is 0.326 e. The number of carboxylic acids is 3. The highest BCUT2D eigenvalue weighted by molar-refractivity contribution is 7.80. The fraction of sp³-hybridized carbons (Fsp3) is 0.667. The summed E-state index contributed by atoms with van der Waals surface area (Å²) in [5, 5.41) is 33.5. The first kappa shape index (κ1) is 29.1. The van der Waals surface area contributed by atoms with E-state index in [2.05, 4.69) is 23.3 Å². The minimum atomic E-state index is -1.79.